The van der Waals surface area contributed by atoms with Gasteiger partial charge in [-0.05, 0) is 22.7 Å². The molecule has 0 amide bonds. The topological polar surface area (TPSA) is 18.5 Å². The van der Waals surface area contributed by atoms with Gasteiger partial charge in [0.25, 0.3) is 0 Å². The van der Waals surface area contributed by atoms with Crippen LogP contribution < -0.4 is 9.78 Å². The Balaban J connectivity index is 2.56. The number of rotatable bonds is 5. The van der Waals surface area contributed by atoms with Crippen molar-refractivity contribution in [2.24, 2.45) is 0 Å². The molecule has 0 aromatic heterocycles. The first-order chi connectivity index (χ1) is 12.8. The lowest BCUT2D eigenvalue weighted by molar-refractivity contribution is -0.105. The van der Waals surface area contributed by atoms with E-state index < -0.39 is 0 Å². The van der Waals surface area contributed by atoms with E-state index in [-0.39, 0.29) is 10.8 Å². The van der Waals surface area contributed by atoms with Crippen LogP contribution in [0.1, 0.15) is 103 Å². The third-order valence-electron chi connectivity index (χ3n) is 5.16. The van der Waals surface area contributed by atoms with Crippen molar-refractivity contribution in [1.29, 1.82) is 0 Å². The molecular weight excluding hydrogens is 344 g/mol. The second kappa shape index (κ2) is 8.19. The van der Waals surface area contributed by atoms with E-state index in [0.717, 1.165) is 22.6 Å². The summed E-state index contributed by atoms with van der Waals surface area (Å²) in [5.41, 5.74) is 4.61. The average molecular weight is 383 g/mol. The zero-order valence-electron chi connectivity index (χ0n) is 19.4. The third kappa shape index (κ3) is 4.90. The predicted molar refractivity (Wildman–Crippen MR) is 120 cm³/mol. The van der Waals surface area contributed by atoms with E-state index in [0.29, 0.717) is 11.8 Å². The van der Waals surface area contributed by atoms with Gasteiger partial charge in [-0.15, -0.1) is 0 Å². The van der Waals surface area contributed by atoms with Crippen molar-refractivity contribution < 1.29 is 9.78 Å². The maximum atomic E-state index is 6.17. The van der Waals surface area contributed by atoms with Crippen LogP contribution >= 0.6 is 0 Å². The first-order valence-electron chi connectivity index (χ1n) is 10.4. The molecule has 0 aliphatic heterocycles. The van der Waals surface area contributed by atoms with Crippen molar-refractivity contribution >= 4 is 0 Å². The maximum absolute atomic E-state index is 6.17. The van der Waals surface area contributed by atoms with Crippen LogP contribution in [0.4, 0.5) is 0 Å². The van der Waals surface area contributed by atoms with Crippen LogP contribution in [0.15, 0.2) is 36.4 Å². The number of benzene rings is 2. The molecule has 0 saturated heterocycles. The lowest BCUT2D eigenvalue weighted by Crippen LogP contribution is -2.19. The summed E-state index contributed by atoms with van der Waals surface area (Å²) in [6.45, 7) is 22.0. The van der Waals surface area contributed by atoms with Crippen molar-refractivity contribution in [3.8, 4) is 11.5 Å². The van der Waals surface area contributed by atoms with Crippen LogP contribution in [0, 0.1) is 0 Å². The Morgan fingerprint density at radius 2 is 0.893 bits per heavy atom. The second-order valence-corrected chi connectivity index (χ2v) is 10.4. The van der Waals surface area contributed by atoms with Gasteiger partial charge in [-0.25, -0.2) is 0 Å². The Hall–Kier alpha value is -1.96. The molecule has 0 fully saturated rings. The van der Waals surface area contributed by atoms with Crippen molar-refractivity contribution in [3.63, 3.8) is 0 Å². The van der Waals surface area contributed by atoms with Gasteiger partial charge in [-0.3, -0.25) is 9.78 Å². The monoisotopic (exact) mass is 382 g/mol. The molecule has 2 aromatic rings. The summed E-state index contributed by atoms with van der Waals surface area (Å²) >= 11 is 0. The molecule has 0 aliphatic rings. The minimum absolute atomic E-state index is 0.0337. The SMILES string of the molecule is CC(C)c1cccc(C(C)(C)C)c1OOc1c(C(C)C)cccc1C(C)(C)C. The van der Waals surface area contributed by atoms with Gasteiger partial charge in [0.1, 0.15) is 0 Å². The van der Waals surface area contributed by atoms with Gasteiger partial charge in [0, 0.05) is 22.3 Å². The van der Waals surface area contributed by atoms with E-state index in [1.165, 1.54) is 11.1 Å². The Bertz CT molecular complexity index is 733. The minimum atomic E-state index is -0.0337. The fourth-order valence-electron chi connectivity index (χ4n) is 3.47. The van der Waals surface area contributed by atoms with E-state index in [1.54, 1.807) is 0 Å². The maximum Gasteiger partial charge on any atom is 0.185 e. The first kappa shape index (κ1) is 22.3. The molecule has 0 spiro atoms. The van der Waals surface area contributed by atoms with Gasteiger partial charge in [-0.1, -0.05) is 106 Å². The zero-order chi connectivity index (χ0) is 21.3. The Labute approximate surface area is 172 Å². The molecule has 2 nitrogen and oxygen atoms in total. The second-order valence-electron chi connectivity index (χ2n) is 10.4. The highest BCUT2D eigenvalue weighted by Crippen LogP contribution is 2.41. The molecule has 0 radical (unpaired) electrons. The molecule has 0 heterocycles. The Kier molecular flexibility index (Phi) is 6.53. The molecule has 0 saturated carbocycles. The fraction of sp³-hybridized carbons (Fsp3) is 0.538. The van der Waals surface area contributed by atoms with Crippen molar-refractivity contribution in [3.05, 3.63) is 58.7 Å². The highest BCUT2D eigenvalue weighted by molar-refractivity contribution is 5.48. The van der Waals surface area contributed by atoms with Gasteiger partial charge >= 0.3 is 0 Å². The predicted octanol–water partition coefficient (Wildman–Crippen LogP) is 7.90. The van der Waals surface area contributed by atoms with Crippen LogP contribution in [0.2, 0.25) is 0 Å². The van der Waals surface area contributed by atoms with Gasteiger partial charge < -0.3 is 0 Å². The first-order valence-corrected chi connectivity index (χ1v) is 10.4. The van der Waals surface area contributed by atoms with Crippen LogP contribution in [0.25, 0.3) is 0 Å². The normalized spacial score (nSPS) is 12.6. The standard InChI is InChI=1S/C26H38O2/c1-17(2)19-13-11-15-21(25(5,6)7)23(19)27-28-24-20(18(3)4)14-12-16-22(24)26(8,9)10/h11-18H,1-10H3. The number of hydrogen-bond donors (Lipinski definition) is 0. The molecule has 0 unspecified atom stereocenters. The van der Waals surface area contributed by atoms with E-state index in [1.807, 2.05) is 0 Å². The molecule has 0 bridgehead atoms. The van der Waals surface area contributed by atoms with Crippen LogP contribution in [-0.2, 0) is 10.8 Å². The van der Waals surface area contributed by atoms with Gasteiger partial charge in [0.15, 0.2) is 11.5 Å². The summed E-state index contributed by atoms with van der Waals surface area (Å²) < 4.78 is 0. The summed E-state index contributed by atoms with van der Waals surface area (Å²) in [6.07, 6.45) is 0. The van der Waals surface area contributed by atoms with Crippen molar-refractivity contribution in [1.82, 2.24) is 0 Å². The van der Waals surface area contributed by atoms with Crippen LogP contribution in [-0.4, -0.2) is 0 Å². The third-order valence-corrected chi connectivity index (χ3v) is 5.16. The zero-order valence-corrected chi connectivity index (χ0v) is 19.4. The van der Waals surface area contributed by atoms with E-state index in [9.17, 15) is 0 Å². The number of para-hydroxylation sites is 2. The lowest BCUT2D eigenvalue weighted by atomic mass is 9.83. The fourth-order valence-corrected chi connectivity index (χ4v) is 3.47. The molecule has 0 atom stereocenters. The van der Waals surface area contributed by atoms with Gasteiger partial charge in [0.05, 0.1) is 0 Å². The van der Waals surface area contributed by atoms with Crippen LogP contribution in [0.5, 0.6) is 11.5 Å². The van der Waals surface area contributed by atoms with Crippen molar-refractivity contribution in [2.75, 3.05) is 0 Å². The molecule has 2 rings (SSSR count). The molecule has 0 aliphatic carbocycles. The van der Waals surface area contributed by atoms with E-state index in [4.69, 9.17) is 9.78 Å². The number of hydrogen-bond acceptors (Lipinski definition) is 2. The van der Waals surface area contributed by atoms with Crippen LogP contribution in [0.3, 0.4) is 0 Å². The summed E-state index contributed by atoms with van der Waals surface area (Å²) in [7, 11) is 0. The molecular formula is C26H38O2. The van der Waals surface area contributed by atoms with Crippen molar-refractivity contribution in [2.45, 2.75) is 91.9 Å². The summed E-state index contributed by atoms with van der Waals surface area (Å²) in [5.74, 6) is 2.40. The van der Waals surface area contributed by atoms with Gasteiger partial charge in [0.2, 0.25) is 0 Å². The molecule has 28 heavy (non-hydrogen) atoms. The smallest absolute Gasteiger partial charge is 0.185 e. The molecule has 2 aromatic carbocycles. The molecule has 154 valence electrons. The largest absolute Gasteiger partial charge is 0.289 e. The van der Waals surface area contributed by atoms with Gasteiger partial charge in [-0.2, -0.15) is 0 Å². The minimum Gasteiger partial charge on any atom is -0.289 e. The molecule has 2 heteroatoms. The quantitative estimate of drug-likeness (QED) is 0.386. The Morgan fingerprint density at radius 1 is 0.571 bits per heavy atom. The lowest BCUT2D eigenvalue weighted by Gasteiger charge is -2.27. The van der Waals surface area contributed by atoms with E-state index in [2.05, 4.69) is 106 Å². The summed E-state index contributed by atoms with van der Waals surface area (Å²) in [5, 5.41) is 0. The highest BCUT2D eigenvalue weighted by atomic mass is 17.2. The summed E-state index contributed by atoms with van der Waals surface area (Å²) in [4.78, 5) is 12.3. The molecule has 0 N–H and O–H groups in total. The average Bonchev–Trinajstić information content (AvgIpc) is 2.57. The summed E-state index contributed by atoms with van der Waals surface area (Å²) in [6, 6.07) is 12.8. The Morgan fingerprint density at radius 3 is 1.14 bits per heavy atom. The highest BCUT2D eigenvalue weighted by Gasteiger charge is 2.27. The van der Waals surface area contributed by atoms with E-state index >= 15 is 0 Å².